The van der Waals surface area contributed by atoms with Gasteiger partial charge in [-0.1, -0.05) is 0 Å². The third kappa shape index (κ3) is 2.28. The van der Waals surface area contributed by atoms with E-state index in [4.69, 9.17) is 0 Å². The van der Waals surface area contributed by atoms with E-state index in [-0.39, 0.29) is 0 Å². The lowest BCUT2D eigenvalue weighted by Crippen LogP contribution is -2.27. The van der Waals surface area contributed by atoms with Gasteiger partial charge in [0.25, 0.3) is 6.47 Å². The summed E-state index contributed by atoms with van der Waals surface area (Å²) in [6.07, 6.45) is 1.89. The van der Waals surface area contributed by atoms with E-state index in [2.05, 4.69) is 9.57 Å². The van der Waals surface area contributed by atoms with Crippen LogP contribution in [0.5, 0.6) is 0 Å². The third-order valence-corrected chi connectivity index (χ3v) is 1.59. The van der Waals surface area contributed by atoms with Crippen LogP contribution in [0.1, 0.15) is 0 Å². The second kappa shape index (κ2) is 4.19. The molecule has 0 aromatic rings. The Bertz CT molecular complexity index is 140. The van der Waals surface area contributed by atoms with Crippen LogP contribution < -0.4 is 4.83 Å². The van der Waals surface area contributed by atoms with E-state index in [1.165, 1.54) is 11.9 Å². The van der Waals surface area contributed by atoms with Gasteiger partial charge in [-0.05, 0) is 11.9 Å². The van der Waals surface area contributed by atoms with Gasteiger partial charge in [-0.25, -0.2) is 0 Å². The Morgan fingerprint density at radius 3 is 3.30 bits per heavy atom. The molecule has 1 aliphatic rings. The standard InChI is InChI=1S/C5H8N2O2S/c8-5-9-3-1-7-2-4-10-6-7/h2,4-6H,1,3H2. The highest BCUT2D eigenvalue weighted by molar-refractivity contribution is 8.00. The average Bonchev–Trinajstić information content (AvgIpc) is 2.41. The van der Waals surface area contributed by atoms with Gasteiger partial charge in [-0.15, -0.1) is 0 Å². The second-order valence-corrected chi connectivity index (χ2v) is 2.35. The van der Waals surface area contributed by atoms with Crippen molar-refractivity contribution in [1.82, 2.24) is 9.84 Å². The number of hydrogen-bond acceptors (Lipinski definition) is 5. The number of hydrazine groups is 1. The van der Waals surface area contributed by atoms with Crippen LogP contribution >= 0.6 is 11.9 Å². The van der Waals surface area contributed by atoms with Gasteiger partial charge in [-0.3, -0.25) is 4.79 Å². The van der Waals surface area contributed by atoms with E-state index in [9.17, 15) is 4.79 Å². The molecule has 0 fully saturated rings. The van der Waals surface area contributed by atoms with E-state index in [0.29, 0.717) is 19.6 Å². The molecular weight excluding hydrogens is 152 g/mol. The van der Waals surface area contributed by atoms with Crippen molar-refractivity contribution in [1.29, 1.82) is 0 Å². The molecule has 0 saturated heterocycles. The van der Waals surface area contributed by atoms with Crippen LogP contribution in [0.3, 0.4) is 0 Å². The number of nitrogens with zero attached hydrogens (tertiary/aromatic N) is 1. The summed E-state index contributed by atoms with van der Waals surface area (Å²) in [5.41, 5.74) is 0. The summed E-state index contributed by atoms with van der Waals surface area (Å²) in [5, 5.41) is 3.76. The molecule has 1 aliphatic heterocycles. The lowest BCUT2D eigenvalue weighted by molar-refractivity contribution is -0.128. The van der Waals surface area contributed by atoms with Crippen LogP contribution in [0.25, 0.3) is 0 Å². The first-order valence-electron chi connectivity index (χ1n) is 2.83. The maximum absolute atomic E-state index is 9.69. The lowest BCUT2D eigenvalue weighted by Gasteiger charge is -2.12. The van der Waals surface area contributed by atoms with Crippen LogP contribution in [0.15, 0.2) is 11.6 Å². The lowest BCUT2D eigenvalue weighted by atomic mass is 10.6. The second-order valence-electron chi connectivity index (χ2n) is 1.65. The highest BCUT2D eigenvalue weighted by Crippen LogP contribution is 2.06. The Morgan fingerprint density at radius 2 is 2.70 bits per heavy atom. The molecule has 1 N–H and O–H groups in total. The molecule has 5 heteroatoms. The number of nitrogens with one attached hydrogen (secondary N) is 1. The molecule has 10 heavy (non-hydrogen) atoms. The molecule has 4 nitrogen and oxygen atoms in total. The maximum atomic E-state index is 9.69. The Morgan fingerprint density at radius 1 is 1.80 bits per heavy atom. The molecule has 0 aromatic carbocycles. The molecule has 56 valence electrons. The fourth-order valence-corrected chi connectivity index (χ4v) is 1.11. The van der Waals surface area contributed by atoms with Crippen LogP contribution in [-0.4, -0.2) is 24.6 Å². The first-order valence-corrected chi connectivity index (χ1v) is 3.71. The van der Waals surface area contributed by atoms with E-state index in [1.54, 1.807) is 0 Å². The summed E-state index contributed by atoms with van der Waals surface area (Å²) in [5.74, 6) is 0. The Hall–Kier alpha value is -0.680. The summed E-state index contributed by atoms with van der Waals surface area (Å²) in [7, 11) is 0. The zero-order valence-electron chi connectivity index (χ0n) is 5.32. The molecule has 0 unspecified atom stereocenters. The first kappa shape index (κ1) is 7.43. The van der Waals surface area contributed by atoms with E-state index < -0.39 is 0 Å². The van der Waals surface area contributed by atoms with E-state index in [0.717, 1.165) is 0 Å². The third-order valence-electron chi connectivity index (χ3n) is 0.997. The molecular formula is C5H8N2O2S. The molecule has 0 aromatic heterocycles. The average molecular weight is 160 g/mol. The SMILES string of the molecule is O=COCCN1C=CSN1. The Labute approximate surface area is 63.3 Å². The van der Waals surface area contributed by atoms with Gasteiger partial charge in [0, 0.05) is 11.6 Å². The summed E-state index contributed by atoms with van der Waals surface area (Å²) < 4.78 is 4.49. The summed E-state index contributed by atoms with van der Waals surface area (Å²) in [6, 6.07) is 0. The zero-order valence-corrected chi connectivity index (χ0v) is 6.13. The molecule has 0 bridgehead atoms. The number of carbonyl (C=O) groups excluding carboxylic acids is 1. The van der Waals surface area contributed by atoms with Crippen molar-refractivity contribution in [3.05, 3.63) is 11.6 Å². The molecule has 0 radical (unpaired) electrons. The first-order chi connectivity index (χ1) is 4.93. The van der Waals surface area contributed by atoms with Crippen LogP contribution in [0, 0.1) is 0 Å². The van der Waals surface area contributed by atoms with Gasteiger partial charge in [0.1, 0.15) is 6.61 Å². The minimum absolute atomic E-state index is 0.418. The molecule has 0 amide bonds. The molecule has 0 saturated carbocycles. The van der Waals surface area contributed by atoms with Gasteiger partial charge in [0.05, 0.1) is 6.54 Å². The predicted octanol–water partition coefficient (Wildman–Crippen LogP) is 0.0990. The Kier molecular flexibility index (Phi) is 3.11. The zero-order chi connectivity index (χ0) is 7.23. The summed E-state index contributed by atoms with van der Waals surface area (Å²) in [6.45, 7) is 1.55. The van der Waals surface area contributed by atoms with Crippen molar-refractivity contribution >= 4 is 18.4 Å². The van der Waals surface area contributed by atoms with Crippen LogP contribution in [-0.2, 0) is 9.53 Å². The number of ether oxygens (including phenoxy) is 1. The quantitative estimate of drug-likeness (QED) is 0.359. The number of carbonyl (C=O) groups is 1. The normalized spacial score (nSPS) is 15.8. The van der Waals surface area contributed by atoms with Gasteiger partial charge in [0.2, 0.25) is 0 Å². The van der Waals surface area contributed by atoms with Crippen LogP contribution in [0.4, 0.5) is 0 Å². The number of hydrogen-bond donors (Lipinski definition) is 1. The predicted molar refractivity (Wildman–Crippen MR) is 38.6 cm³/mol. The van der Waals surface area contributed by atoms with Crippen molar-refractivity contribution in [2.24, 2.45) is 0 Å². The molecule has 1 heterocycles. The van der Waals surface area contributed by atoms with Crippen molar-refractivity contribution in [3.63, 3.8) is 0 Å². The van der Waals surface area contributed by atoms with Crippen LogP contribution in [0.2, 0.25) is 0 Å². The van der Waals surface area contributed by atoms with E-state index >= 15 is 0 Å². The van der Waals surface area contributed by atoms with Gasteiger partial charge in [-0.2, -0.15) is 4.83 Å². The van der Waals surface area contributed by atoms with Gasteiger partial charge in [0.15, 0.2) is 0 Å². The number of rotatable bonds is 4. The summed E-state index contributed by atoms with van der Waals surface area (Å²) in [4.78, 5) is 12.7. The monoisotopic (exact) mass is 160 g/mol. The van der Waals surface area contributed by atoms with Gasteiger partial charge < -0.3 is 9.75 Å². The van der Waals surface area contributed by atoms with Crippen molar-refractivity contribution in [2.75, 3.05) is 13.2 Å². The largest absolute Gasteiger partial charge is 0.466 e. The van der Waals surface area contributed by atoms with Crippen molar-refractivity contribution < 1.29 is 9.53 Å². The molecule has 0 spiro atoms. The summed E-state index contributed by atoms with van der Waals surface area (Å²) >= 11 is 1.49. The smallest absolute Gasteiger partial charge is 0.293 e. The highest BCUT2D eigenvalue weighted by atomic mass is 32.2. The van der Waals surface area contributed by atoms with E-state index in [1.807, 2.05) is 16.6 Å². The molecule has 0 aliphatic carbocycles. The molecule has 1 rings (SSSR count). The topological polar surface area (TPSA) is 41.6 Å². The Balaban J connectivity index is 2.02. The fourth-order valence-electron chi connectivity index (χ4n) is 0.552. The van der Waals surface area contributed by atoms with Crippen molar-refractivity contribution in [2.45, 2.75) is 0 Å². The fraction of sp³-hybridized carbons (Fsp3) is 0.400. The highest BCUT2D eigenvalue weighted by Gasteiger charge is 2.01. The van der Waals surface area contributed by atoms with Crippen molar-refractivity contribution in [3.8, 4) is 0 Å². The minimum Gasteiger partial charge on any atom is -0.466 e. The molecule has 0 atom stereocenters. The van der Waals surface area contributed by atoms with Gasteiger partial charge >= 0.3 is 0 Å². The minimum atomic E-state index is 0.418. The maximum Gasteiger partial charge on any atom is 0.293 e.